The zero-order chi connectivity index (χ0) is 19.8. The SMILES string of the molecule is Cc1ccc2cc(CCC(=O)N3CCc4ccc([N+](=O)[O-])cc43)c(=O)[nH]c2c1. The van der Waals surface area contributed by atoms with E-state index in [4.69, 9.17) is 0 Å². The van der Waals surface area contributed by atoms with Crippen molar-refractivity contribution in [2.75, 3.05) is 11.4 Å². The molecule has 0 saturated carbocycles. The Balaban J connectivity index is 1.53. The molecule has 0 saturated heterocycles. The number of nitro groups is 1. The van der Waals surface area contributed by atoms with Crippen molar-refractivity contribution in [2.45, 2.75) is 26.2 Å². The molecule has 28 heavy (non-hydrogen) atoms. The van der Waals surface area contributed by atoms with E-state index >= 15 is 0 Å². The second-order valence-electron chi connectivity index (χ2n) is 7.08. The van der Waals surface area contributed by atoms with E-state index < -0.39 is 4.92 Å². The summed E-state index contributed by atoms with van der Waals surface area (Å²) in [5.74, 6) is -0.136. The molecule has 3 aromatic rings. The van der Waals surface area contributed by atoms with Gasteiger partial charge in [-0.2, -0.15) is 0 Å². The van der Waals surface area contributed by atoms with Crippen molar-refractivity contribution in [1.29, 1.82) is 0 Å². The number of benzene rings is 2. The molecule has 1 aliphatic rings. The van der Waals surface area contributed by atoms with E-state index in [9.17, 15) is 19.7 Å². The van der Waals surface area contributed by atoms with E-state index in [0.717, 1.165) is 22.0 Å². The van der Waals surface area contributed by atoms with Crippen molar-refractivity contribution in [3.8, 4) is 0 Å². The van der Waals surface area contributed by atoms with E-state index in [1.165, 1.54) is 12.1 Å². The summed E-state index contributed by atoms with van der Waals surface area (Å²) in [6, 6.07) is 12.3. The molecule has 142 valence electrons. The molecule has 2 heterocycles. The van der Waals surface area contributed by atoms with Gasteiger partial charge in [0.15, 0.2) is 0 Å². The summed E-state index contributed by atoms with van der Waals surface area (Å²) in [5, 5.41) is 11.9. The van der Waals surface area contributed by atoms with Crippen molar-refractivity contribution in [2.24, 2.45) is 0 Å². The molecule has 1 amide bonds. The van der Waals surface area contributed by atoms with Gasteiger partial charge < -0.3 is 9.88 Å². The zero-order valence-corrected chi connectivity index (χ0v) is 15.4. The van der Waals surface area contributed by atoms with Gasteiger partial charge in [-0.1, -0.05) is 18.2 Å². The van der Waals surface area contributed by atoms with Crippen LogP contribution in [0.2, 0.25) is 0 Å². The van der Waals surface area contributed by atoms with Gasteiger partial charge in [0.2, 0.25) is 5.91 Å². The van der Waals surface area contributed by atoms with Crippen LogP contribution in [-0.4, -0.2) is 22.4 Å². The lowest BCUT2D eigenvalue weighted by molar-refractivity contribution is -0.384. The maximum Gasteiger partial charge on any atom is 0.271 e. The summed E-state index contributed by atoms with van der Waals surface area (Å²) >= 11 is 0. The molecule has 0 bridgehead atoms. The Bertz CT molecular complexity index is 1170. The number of nitro benzene ring substituents is 1. The molecule has 0 spiro atoms. The number of aromatic nitrogens is 1. The molecule has 7 nitrogen and oxygen atoms in total. The minimum absolute atomic E-state index is 0.0280. The zero-order valence-electron chi connectivity index (χ0n) is 15.4. The largest absolute Gasteiger partial charge is 0.322 e. The third kappa shape index (κ3) is 3.26. The molecule has 4 rings (SSSR count). The Morgan fingerprint density at radius 3 is 2.82 bits per heavy atom. The van der Waals surface area contributed by atoms with Gasteiger partial charge in [0.1, 0.15) is 0 Å². The molecular weight excluding hydrogens is 358 g/mol. The van der Waals surface area contributed by atoms with E-state index in [0.29, 0.717) is 30.6 Å². The number of rotatable bonds is 4. The number of pyridine rings is 1. The third-order valence-electron chi connectivity index (χ3n) is 5.16. The number of carbonyl (C=O) groups excluding carboxylic acids is 1. The number of nitrogens with one attached hydrogen (secondary N) is 1. The predicted octanol–water partition coefficient (Wildman–Crippen LogP) is 3.27. The third-order valence-corrected chi connectivity index (χ3v) is 5.16. The van der Waals surface area contributed by atoms with Gasteiger partial charge in [0, 0.05) is 36.2 Å². The Hall–Kier alpha value is -3.48. The highest BCUT2D eigenvalue weighted by atomic mass is 16.6. The Kier molecular flexibility index (Phi) is 4.43. The van der Waals surface area contributed by atoms with Gasteiger partial charge in [0.05, 0.1) is 10.6 Å². The molecule has 0 unspecified atom stereocenters. The minimum Gasteiger partial charge on any atom is -0.322 e. The van der Waals surface area contributed by atoms with Crippen LogP contribution in [0.25, 0.3) is 10.9 Å². The number of fused-ring (bicyclic) bond motifs is 2. The minimum atomic E-state index is -0.461. The molecule has 1 N–H and O–H groups in total. The highest BCUT2D eigenvalue weighted by Crippen LogP contribution is 2.32. The van der Waals surface area contributed by atoms with E-state index in [1.807, 2.05) is 31.2 Å². The monoisotopic (exact) mass is 377 g/mol. The fourth-order valence-electron chi connectivity index (χ4n) is 3.66. The predicted molar refractivity (Wildman–Crippen MR) is 107 cm³/mol. The summed E-state index contributed by atoms with van der Waals surface area (Å²) in [5.41, 5.74) is 3.71. The average Bonchev–Trinajstić information content (AvgIpc) is 3.09. The van der Waals surface area contributed by atoms with Crippen LogP contribution >= 0.6 is 0 Å². The highest BCUT2D eigenvalue weighted by molar-refractivity contribution is 5.96. The number of anilines is 1. The first kappa shape index (κ1) is 17.9. The number of non-ortho nitro benzene ring substituents is 1. The number of carbonyl (C=O) groups is 1. The molecule has 0 radical (unpaired) electrons. The smallest absolute Gasteiger partial charge is 0.271 e. The molecule has 7 heteroatoms. The van der Waals surface area contributed by atoms with Crippen molar-refractivity contribution >= 4 is 28.2 Å². The lowest BCUT2D eigenvalue weighted by Gasteiger charge is -2.17. The average molecular weight is 377 g/mol. The van der Waals surface area contributed by atoms with E-state index in [2.05, 4.69) is 4.98 Å². The second kappa shape index (κ2) is 6.92. The van der Waals surface area contributed by atoms with Crippen molar-refractivity contribution in [3.63, 3.8) is 0 Å². The van der Waals surface area contributed by atoms with Gasteiger partial charge in [-0.3, -0.25) is 19.7 Å². The van der Waals surface area contributed by atoms with Gasteiger partial charge >= 0.3 is 0 Å². The quantitative estimate of drug-likeness (QED) is 0.557. The number of nitrogens with zero attached hydrogens (tertiary/aromatic N) is 2. The van der Waals surface area contributed by atoms with E-state index in [-0.39, 0.29) is 23.6 Å². The summed E-state index contributed by atoms with van der Waals surface area (Å²) < 4.78 is 0. The topological polar surface area (TPSA) is 96.3 Å². The second-order valence-corrected chi connectivity index (χ2v) is 7.08. The fourth-order valence-corrected chi connectivity index (χ4v) is 3.66. The van der Waals surface area contributed by atoms with Gasteiger partial charge in [-0.15, -0.1) is 0 Å². The van der Waals surface area contributed by atoms with Crippen LogP contribution in [0.3, 0.4) is 0 Å². The molecule has 0 aliphatic carbocycles. The summed E-state index contributed by atoms with van der Waals surface area (Å²) in [6.07, 6.45) is 1.16. The molecule has 2 aromatic carbocycles. The lowest BCUT2D eigenvalue weighted by Crippen LogP contribution is -2.29. The first-order valence-electron chi connectivity index (χ1n) is 9.12. The lowest BCUT2D eigenvalue weighted by atomic mass is 10.1. The highest BCUT2D eigenvalue weighted by Gasteiger charge is 2.26. The standard InChI is InChI=1S/C21H19N3O4/c1-13-2-3-15-11-16(21(26)22-18(15)10-13)5-7-20(25)23-9-8-14-4-6-17(24(27)28)12-19(14)23/h2-4,6,10-12H,5,7-9H2,1H3,(H,22,26). The van der Waals surface area contributed by atoms with Crippen LogP contribution in [0.1, 0.15) is 23.1 Å². The maximum absolute atomic E-state index is 12.7. The first-order chi connectivity index (χ1) is 13.4. The number of H-pyrrole nitrogens is 1. The molecular formula is C21H19N3O4. The normalized spacial score (nSPS) is 13.0. The Morgan fingerprint density at radius 2 is 2.04 bits per heavy atom. The summed E-state index contributed by atoms with van der Waals surface area (Å²) in [6.45, 7) is 2.46. The molecule has 0 fully saturated rings. The van der Waals surface area contributed by atoms with Crippen LogP contribution in [-0.2, 0) is 17.6 Å². The first-order valence-corrected chi connectivity index (χ1v) is 9.12. The number of aromatic amines is 1. The Labute approximate surface area is 160 Å². The van der Waals surface area contributed by atoms with Crippen LogP contribution in [0.5, 0.6) is 0 Å². The van der Waals surface area contributed by atoms with Gasteiger partial charge in [-0.25, -0.2) is 0 Å². The number of aryl methyl sites for hydroxylation is 2. The Morgan fingerprint density at radius 1 is 1.21 bits per heavy atom. The maximum atomic E-state index is 12.7. The van der Waals surface area contributed by atoms with Crippen molar-refractivity contribution in [3.05, 3.63) is 79.6 Å². The summed E-state index contributed by atoms with van der Waals surface area (Å²) in [4.78, 5) is 40.1. The number of hydrogen-bond acceptors (Lipinski definition) is 4. The van der Waals surface area contributed by atoms with Gasteiger partial charge in [0.25, 0.3) is 11.2 Å². The van der Waals surface area contributed by atoms with E-state index in [1.54, 1.807) is 11.0 Å². The van der Waals surface area contributed by atoms with Crippen LogP contribution < -0.4 is 10.5 Å². The van der Waals surface area contributed by atoms with Gasteiger partial charge in [-0.05, 0) is 48.4 Å². The number of amides is 1. The number of hydrogen-bond donors (Lipinski definition) is 1. The summed E-state index contributed by atoms with van der Waals surface area (Å²) in [7, 11) is 0. The van der Waals surface area contributed by atoms with Crippen LogP contribution in [0, 0.1) is 17.0 Å². The molecule has 0 atom stereocenters. The van der Waals surface area contributed by atoms with Crippen molar-refractivity contribution < 1.29 is 9.72 Å². The van der Waals surface area contributed by atoms with Crippen LogP contribution in [0.15, 0.2) is 47.3 Å². The molecule has 1 aliphatic heterocycles. The van der Waals surface area contributed by atoms with Crippen molar-refractivity contribution in [1.82, 2.24) is 4.98 Å². The fraction of sp³-hybridized carbons (Fsp3) is 0.238. The molecule has 1 aromatic heterocycles. The van der Waals surface area contributed by atoms with Crippen LogP contribution in [0.4, 0.5) is 11.4 Å².